The van der Waals surface area contributed by atoms with Gasteiger partial charge in [0.1, 0.15) is 6.79 Å². The van der Waals surface area contributed by atoms with Crippen LogP contribution in [0.5, 0.6) is 0 Å². The van der Waals surface area contributed by atoms with Crippen molar-refractivity contribution in [2.24, 2.45) is 0 Å². The molecule has 0 radical (unpaired) electrons. The molecule has 0 unspecified atom stereocenters. The van der Waals surface area contributed by atoms with Crippen LogP contribution in [-0.4, -0.2) is 55.3 Å². The van der Waals surface area contributed by atoms with Crippen LogP contribution in [0.25, 0.3) is 0 Å². The van der Waals surface area contributed by atoms with E-state index in [9.17, 15) is 0 Å². The van der Waals surface area contributed by atoms with Gasteiger partial charge in [0.15, 0.2) is 0 Å². The number of carbonyl (C=O) groups excluding carboxylic acids is 1. The third kappa shape index (κ3) is 10.5. The van der Waals surface area contributed by atoms with Gasteiger partial charge in [-0.2, -0.15) is 0 Å². The summed E-state index contributed by atoms with van der Waals surface area (Å²) in [7, 11) is 1.85. The van der Waals surface area contributed by atoms with Gasteiger partial charge in [-0.05, 0) is 7.05 Å². The molecule has 0 saturated carbocycles. The molecule has 4 heteroatoms. The molecule has 0 aromatic carbocycles. The Kier molecular flexibility index (Phi) is 13.9. The van der Waals surface area contributed by atoms with Gasteiger partial charge in [-0.25, -0.2) is 0 Å². The molecular formula is C6H15NO3. The fourth-order valence-corrected chi connectivity index (χ4v) is 0.453. The minimum atomic E-state index is 0.163. The second-order valence-corrected chi connectivity index (χ2v) is 1.75. The highest BCUT2D eigenvalue weighted by atomic mass is 16.3. The molecule has 0 aliphatic carbocycles. The van der Waals surface area contributed by atoms with E-state index in [0.29, 0.717) is 13.1 Å². The van der Waals surface area contributed by atoms with Crippen LogP contribution in [0.3, 0.4) is 0 Å². The average Bonchev–Trinajstić information content (AvgIpc) is 1.93. The minimum Gasteiger partial charge on any atom is -0.395 e. The Morgan fingerprint density at radius 3 is 1.70 bits per heavy atom. The molecule has 4 nitrogen and oxygen atoms in total. The number of aliphatic hydroxyl groups excluding tert-OH is 2. The van der Waals surface area contributed by atoms with Crippen LogP contribution in [0.4, 0.5) is 0 Å². The van der Waals surface area contributed by atoms with Crippen molar-refractivity contribution in [2.75, 3.05) is 33.4 Å². The summed E-state index contributed by atoms with van der Waals surface area (Å²) >= 11 is 0. The molecule has 0 aromatic rings. The zero-order valence-corrected chi connectivity index (χ0v) is 6.29. The van der Waals surface area contributed by atoms with Crippen molar-refractivity contribution in [3.8, 4) is 0 Å². The zero-order chi connectivity index (χ0) is 8.41. The highest BCUT2D eigenvalue weighted by Crippen LogP contribution is 1.76. The van der Waals surface area contributed by atoms with Gasteiger partial charge in [0.05, 0.1) is 13.2 Å². The van der Waals surface area contributed by atoms with E-state index < -0.39 is 0 Å². The van der Waals surface area contributed by atoms with Crippen molar-refractivity contribution in [1.82, 2.24) is 4.90 Å². The number of likely N-dealkylation sites (N-methyl/N-ethyl adjacent to an activating group) is 1. The molecule has 0 fully saturated rings. The SMILES string of the molecule is C=O.CN(CCO)CCO. The second-order valence-electron chi connectivity index (χ2n) is 1.75. The van der Waals surface area contributed by atoms with Crippen molar-refractivity contribution in [3.05, 3.63) is 0 Å². The number of hydrogen-bond acceptors (Lipinski definition) is 4. The maximum Gasteiger partial charge on any atom is 0.106 e. The van der Waals surface area contributed by atoms with Gasteiger partial charge in [-0.3, -0.25) is 0 Å². The summed E-state index contributed by atoms with van der Waals surface area (Å²) in [5.74, 6) is 0. The van der Waals surface area contributed by atoms with Gasteiger partial charge >= 0.3 is 0 Å². The van der Waals surface area contributed by atoms with Crippen LogP contribution in [-0.2, 0) is 4.79 Å². The summed E-state index contributed by atoms with van der Waals surface area (Å²) in [5.41, 5.74) is 0. The maximum absolute atomic E-state index is 8.34. The lowest BCUT2D eigenvalue weighted by Gasteiger charge is -2.11. The maximum atomic E-state index is 8.34. The first kappa shape index (κ1) is 12.2. The quantitative estimate of drug-likeness (QED) is 0.522. The lowest BCUT2D eigenvalue weighted by molar-refractivity contribution is -0.0979. The summed E-state index contributed by atoms with van der Waals surface area (Å²) in [4.78, 5) is 9.86. The molecule has 0 saturated heterocycles. The fraction of sp³-hybridized carbons (Fsp3) is 0.833. The molecule has 0 aromatic heterocycles. The molecule has 0 aliphatic heterocycles. The standard InChI is InChI=1S/C5H13NO2.CH2O/c1-6(2-4-7)3-5-8;1-2/h7-8H,2-5H2,1H3;1H2. The molecule has 0 spiro atoms. The Balaban J connectivity index is 0. The van der Waals surface area contributed by atoms with Crippen LogP contribution in [0.1, 0.15) is 0 Å². The Morgan fingerprint density at radius 1 is 1.20 bits per heavy atom. The molecule has 0 heterocycles. The van der Waals surface area contributed by atoms with Gasteiger partial charge in [0, 0.05) is 13.1 Å². The fourth-order valence-electron chi connectivity index (χ4n) is 0.453. The number of carbonyl (C=O) groups is 1. The molecular weight excluding hydrogens is 134 g/mol. The number of aliphatic hydroxyl groups is 2. The first-order chi connectivity index (χ1) is 4.81. The Labute approximate surface area is 61.1 Å². The molecule has 10 heavy (non-hydrogen) atoms. The second kappa shape index (κ2) is 11.4. The van der Waals surface area contributed by atoms with Gasteiger partial charge < -0.3 is 19.9 Å². The third-order valence-corrected chi connectivity index (χ3v) is 0.963. The summed E-state index contributed by atoms with van der Waals surface area (Å²) in [6, 6.07) is 0. The third-order valence-electron chi connectivity index (χ3n) is 0.963. The highest BCUT2D eigenvalue weighted by molar-refractivity contribution is 5.10. The van der Waals surface area contributed by atoms with E-state index in [1.807, 2.05) is 18.7 Å². The predicted molar refractivity (Wildman–Crippen MR) is 38.8 cm³/mol. The van der Waals surface area contributed by atoms with E-state index >= 15 is 0 Å². The minimum absolute atomic E-state index is 0.163. The van der Waals surface area contributed by atoms with Crippen LogP contribution >= 0.6 is 0 Å². The van der Waals surface area contributed by atoms with Crippen molar-refractivity contribution in [1.29, 1.82) is 0 Å². The van der Waals surface area contributed by atoms with Gasteiger partial charge in [-0.1, -0.05) is 0 Å². The Bertz CT molecular complexity index is 55.0. The highest BCUT2D eigenvalue weighted by Gasteiger charge is 1.91. The number of rotatable bonds is 4. The summed E-state index contributed by atoms with van der Waals surface area (Å²) < 4.78 is 0. The van der Waals surface area contributed by atoms with Crippen molar-refractivity contribution in [3.63, 3.8) is 0 Å². The zero-order valence-electron chi connectivity index (χ0n) is 6.29. The normalized spacial score (nSPS) is 8.80. The van der Waals surface area contributed by atoms with Crippen molar-refractivity contribution in [2.45, 2.75) is 0 Å². The number of nitrogens with zero attached hydrogens (tertiary/aromatic N) is 1. The van der Waals surface area contributed by atoms with E-state index in [2.05, 4.69) is 0 Å². The molecule has 62 valence electrons. The van der Waals surface area contributed by atoms with E-state index in [1.165, 1.54) is 0 Å². The lowest BCUT2D eigenvalue weighted by atomic mass is 10.5. The van der Waals surface area contributed by atoms with Gasteiger partial charge in [0.25, 0.3) is 0 Å². The largest absolute Gasteiger partial charge is 0.395 e. The predicted octanol–water partition coefficient (Wildman–Crippen LogP) is -1.28. The van der Waals surface area contributed by atoms with Crippen LogP contribution < -0.4 is 0 Å². The van der Waals surface area contributed by atoms with Crippen LogP contribution in [0.2, 0.25) is 0 Å². The first-order valence-corrected chi connectivity index (χ1v) is 3.00. The Morgan fingerprint density at radius 2 is 1.50 bits per heavy atom. The van der Waals surface area contributed by atoms with Crippen molar-refractivity contribution < 1.29 is 15.0 Å². The first-order valence-electron chi connectivity index (χ1n) is 3.00. The topological polar surface area (TPSA) is 60.8 Å². The van der Waals surface area contributed by atoms with Crippen LogP contribution in [0, 0.1) is 0 Å². The summed E-state index contributed by atoms with van der Waals surface area (Å²) in [5, 5.41) is 16.7. The molecule has 0 rings (SSSR count). The molecule has 0 bridgehead atoms. The smallest absolute Gasteiger partial charge is 0.106 e. The number of hydrogen-bond donors (Lipinski definition) is 2. The van der Waals surface area contributed by atoms with Crippen molar-refractivity contribution >= 4 is 6.79 Å². The van der Waals surface area contributed by atoms with Gasteiger partial charge in [0.2, 0.25) is 0 Å². The molecule has 0 atom stereocenters. The van der Waals surface area contributed by atoms with E-state index in [4.69, 9.17) is 15.0 Å². The average molecular weight is 149 g/mol. The van der Waals surface area contributed by atoms with E-state index in [1.54, 1.807) is 0 Å². The molecule has 0 aliphatic rings. The van der Waals surface area contributed by atoms with Crippen LogP contribution in [0.15, 0.2) is 0 Å². The van der Waals surface area contributed by atoms with Gasteiger partial charge in [-0.15, -0.1) is 0 Å². The monoisotopic (exact) mass is 149 g/mol. The molecule has 0 amide bonds. The van der Waals surface area contributed by atoms with E-state index in [-0.39, 0.29) is 13.2 Å². The Hall–Kier alpha value is -0.450. The van der Waals surface area contributed by atoms with E-state index in [0.717, 1.165) is 0 Å². The summed E-state index contributed by atoms with van der Waals surface area (Å²) in [6.45, 7) is 3.61. The summed E-state index contributed by atoms with van der Waals surface area (Å²) in [6.07, 6.45) is 0. The molecule has 2 N–H and O–H groups in total. The lowest BCUT2D eigenvalue weighted by Crippen LogP contribution is -2.25.